The van der Waals surface area contributed by atoms with Crippen LogP contribution in [0.3, 0.4) is 0 Å². The lowest BCUT2D eigenvalue weighted by molar-refractivity contribution is 0.190. The summed E-state index contributed by atoms with van der Waals surface area (Å²) in [6.07, 6.45) is 54.3. The standard InChI is InChI=1S/C6H10.14C6H12.C6H14/c1-5-4-6(5)2-3-6;2*1-5-4-6(5,2)3;1-5-3-6(2)4-5;1-6(2)4-3-5-6;1-5-3-4-6(5)2;1-5(2)6-3-4-6;1-4-5(2)6(4)3;1-6-4-2-3-5-6;2*1-3-6(2)4-5-6;2*1-3-6-4-5(6)2;1-2-6-4-3-5-6;1-2-3-6-4-5-6;1-5-6(2,3)4/h5H,2-4H2,1H3;2*5H,4H2,1-3H3;5-6H,3-4H2,1-2H3;3-5H2,1-2H3;2*5-6H,3-4H2,1-2H3;4-6H,1-3H3;6H,2-5H2,1H3;2*3-5H2,1-2H3;2*5-6H,3-4H2,1-2H3;2*6H,2-5H2,1H3;5H2,1-4H3/t2*5-;;;;5-,6?;;;;;;5-,6?;;;;/m00...1.....0..../s1. The van der Waals surface area contributed by atoms with Crippen LogP contribution in [0.2, 0.25) is 0 Å². The van der Waals surface area contributed by atoms with Crippen molar-refractivity contribution in [3.05, 3.63) is 0 Å². The van der Waals surface area contributed by atoms with Crippen LogP contribution in [0, 0.1) is 150 Å². The molecule has 1 spiro atoms. The average molecular weight is 1350 g/mol. The van der Waals surface area contributed by atoms with Crippen LogP contribution in [0.5, 0.6) is 0 Å². The van der Waals surface area contributed by atoms with Crippen LogP contribution >= 0.6 is 0 Å². The Morgan fingerprint density at radius 2 is 0.698 bits per heavy atom. The molecule has 0 aliphatic heterocycles. The second kappa shape index (κ2) is 45.4. The predicted octanol–water partition coefficient (Wildman–Crippen LogP) is 33.7. The number of hydrogen-bond acceptors (Lipinski definition) is 0. The summed E-state index contributed by atoms with van der Waals surface area (Å²) in [5.74, 6) is 20.0. The van der Waals surface area contributed by atoms with Gasteiger partial charge in [-0.25, -0.2) is 0 Å². The van der Waals surface area contributed by atoms with Crippen molar-refractivity contribution in [3.63, 3.8) is 0 Å². The van der Waals surface area contributed by atoms with E-state index in [0.717, 1.165) is 134 Å². The Kier molecular flexibility index (Phi) is 44.4. The molecule has 16 fully saturated rings. The SMILES string of the molecule is CC(C)C1CC1.CC1(C)CCC1.CC1C(C)C1C.CC1CC(C)C1.CC1CC1(C)C.CC1CCCC1.CC1CC[C@H]1C.CCC(C)(C)C.CCC1(C)CC1.CCC1(C)CC1.CCC1CC1C.CCC1CCC1.CCC1C[C@@H]1C.CCCC1CC1.C[C@H]1CC1(C)C.C[C@H]1CC12CC2. The van der Waals surface area contributed by atoms with Crippen molar-refractivity contribution in [2.45, 2.75) is 466 Å². The average Bonchev–Trinajstić information content (AvgIpc) is 1.56. The lowest BCUT2D eigenvalue weighted by atomic mass is 9.72. The van der Waals surface area contributed by atoms with E-state index in [4.69, 9.17) is 0 Å². The van der Waals surface area contributed by atoms with E-state index < -0.39 is 0 Å². The number of hydrogen-bond donors (Lipinski definition) is 0. The molecule has 0 bridgehead atoms. The second-order valence-electron chi connectivity index (χ2n) is 42.4. The Labute approximate surface area is 612 Å². The minimum Gasteiger partial charge on any atom is -0.0654 e. The van der Waals surface area contributed by atoms with E-state index in [1.807, 2.05) is 0 Å². The van der Waals surface area contributed by atoms with Crippen LogP contribution < -0.4 is 0 Å². The van der Waals surface area contributed by atoms with Gasteiger partial charge in [0, 0.05) is 0 Å². The van der Waals surface area contributed by atoms with E-state index >= 15 is 0 Å². The fourth-order valence-corrected chi connectivity index (χ4v) is 13.5. The van der Waals surface area contributed by atoms with Gasteiger partial charge < -0.3 is 0 Å². The van der Waals surface area contributed by atoms with Gasteiger partial charge in [0.1, 0.15) is 0 Å². The van der Waals surface area contributed by atoms with E-state index in [2.05, 4.69) is 228 Å². The first kappa shape index (κ1) is 94.0. The molecule has 16 rings (SSSR count). The molecule has 0 aromatic carbocycles. The van der Waals surface area contributed by atoms with Gasteiger partial charge in [0.05, 0.1) is 0 Å². The molecule has 16 aliphatic carbocycles. The molecule has 0 radical (unpaired) electrons. The lowest BCUT2D eigenvalue weighted by Crippen LogP contribution is -2.20. The van der Waals surface area contributed by atoms with Crippen LogP contribution in [0.25, 0.3) is 0 Å². The Hall–Kier alpha value is 0. The molecule has 0 nitrogen and oxygen atoms in total. The summed E-state index contributed by atoms with van der Waals surface area (Å²) in [5.41, 5.74) is 5.22. The Morgan fingerprint density at radius 3 is 0.719 bits per heavy atom. The van der Waals surface area contributed by atoms with Gasteiger partial charge in [-0.1, -0.05) is 357 Å². The third-order valence-corrected chi connectivity index (χ3v) is 29.2. The van der Waals surface area contributed by atoms with Crippen molar-refractivity contribution >= 4 is 0 Å². The molecular formula is C96H192. The fourth-order valence-electron chi connectivity index (χ4n) is 13.5. The molecule has 9 atom stereocenters. The Bertz CT molecular complexity index is 1670. The molecule has 5 unspecified atom stereocenters. The molecule has 16 saturated carbocycles. The zero-order valence-electron chi connectivity index (χ0n) is 73.6. The van der Waals surface area contributed by atoms with Crippen molar-refractivity contribution in [2.24, 2.45) is 150 Å². The molecule has 0 heterocycles. The normalized spacial score (nSPS) is 34.1. The predicted molar refractivity (Wildman–Crippen MR) is 441 cm³/mol. The maximum Gasteiger partial charge on any atom is -0.0268 e. The first-order chi connectivity index (χ1) is 44.5. The summed E-state index contributed by atoms with van der Waals surface area (Å²) < 4.78 is 0. The highest BCUT2D eigenvalue weighted by molar-refractivity contribution is 5.10. The molecular weight excluding hydrogens is 1150 g/mol. The minimum absolute atomic E-state index is 0.542. The maximum atomic E-state index is 2.37. The summed E-state index contributed by atoms with van der Waals surface area (Å²) >= 11 is 0. The van der Waals surface area contributed by atoms with Crippen LogP contribution in [0.1, 0.15) is 466 Å². The van der Waals surface area contributed by atoms with Gasteiger partial charge in [-0.3, -0.25) is 0 Å². The third kappa shape index (κ3) is 48.1. The molecule has 0 heteroatoms. The molecule has 0 N–H and O–H groups in total. The van der Waals surface area contributed by atoms with Crippen LogP contribution in [-0.4, -0.2) is 0 Å². The fraction of sp³-hybridized carbons (Fsp3) is 1.00. The first-order valence-electron chi connectivity index (χ1n) is 44.5. The monoisotopic (exact) mass is 1350 g/mol. The highest BCUT2D eigenvalue weighted by Crippen LogP contribution is 2.70. The minimum atomic E-state index is 0.542. The largest absolute Gasteiger partial charge is 0.0654 e. The molecule has 0 amide bonds. The number of rotatable bonds is 8. The zero-order chi connectivity index (χ0) is 73.6. The van der Waals surface area contributed by atoms with Crippen molar-refractivity contribution in [1.29, 1.82) is 0 Å². The topological polar surface area (TPSA) is 0 Å². The van der Waals surface area contributed by atoms with Crippen molar-refractivity contribution in [2.75, 3.05) is 0 Å². The van der Waals surface area contributed by atoms with Crippen molar-refractivity contribution in [1.82, 2.24) is 0 Å². The van der Waals surface area contributed by atoms with Gasteiger partial charge in [0.25, 0.3) is 0 Å². The molecule has 0 aromatic heterocycles. The van der Waals surface area contributed by atoms with Gasteiger partial charge in [-0.05, 0) is 259 Å². The summed E-state index contributed by atoms with van der Waals surface area (Å²) in [4.78, 5) is 0. The highest BCUT2D eigenvalue weighted by atomic mass is 14.6. The Balaban J connectivity index is 0.000000512. The first-order valence-corrected chi connectivity index (χ1v) is 44.5. The smallest absolute Gasteiger partial charge is 0.0268 e. The van der Waals surface area contributed by atoms with E-state index in [1.54, 1.807) is 19.3 Å². The van der Waals surface area contributed by atoms with Gasteiger partial charge >= 0.3 is 0 Å². The van der Waals surface area contributed by atoms with E-state index in [9.17, 15) is 0 Å². The Morgan fingerprint density at radius 1 is 0.365 bits per heavy atom. The van der Waals surface area contributed by atoms with E-state index in [-0.39, 0.29) is 0 Å². The molecule has 96 heavy (non-hydrogen) atoms. The van der Waals surface area contributed by atoms with Gasteiger partial charge in [0.2, 0.25) is 0 Å². The van der Waals surface area contributed by atoms with E-state index in [0.29, 0.717) is 16.2 Å². The lowest BCUT2D eigenvalue weighted by Gasteiger charge is -2.33. The van der Waals surface area contributed by atoms with Crippen LogP contribution in [-0.2, 0) is 0 Å². The van der Waals surface area contributed by atoms with Crippen molar-refractivity contribution < 1.29 is 0 Å². The van der Waals surface area contributed by atoms with Gasteiger partial charge in [-0.2, -0.15) is 0 Å². The molecule has 0 aromatic rings. The van der Waals surface area contributed by atoms with Crippen LogP contribution in [0.4, 0.5) is 0 Å². The van der Waals surface area contributed by atoms with Crippen molar-refractivity contribution in [3.8, 4) is 0 Å². The summed E-state index contributed by atoms with van der Waals surface area (Å²) in [7, 11) is 0. The van der Waals surface area contributed by atoms with Crippen LogP contribution in [0.15, 0.2) is 0 Å². The summed E-state index contributed by atoms with van der Waals surface area (Å²) in [5, 5.41) is 0. The summed E-state index contributed by atoms with van der Waals surface area (Å²) in [6.45, 7) is 76.0. The highest BCUT2D eigenvalue weighted by Gasteiger charge is 2.59. The quantitative estimate of drug-likeness (QED) is 0.227. The molecule has 576 valence electrons. The van der Waals surface area contributed by atoms with Gasteiger partial charge in [-0.15, -0.1) is 0 Å². The summed E-state index contributed by atoms with van der Waals surface area (Å²) in [6, 6.07) is 0. The second-order valence-corrected chi connectivity index (χ2v) is 42.4. The zero-order valence-corrected chi connectivity index (χ0v) is 73.6. The van der Waals surface area contributed by atoms with E-state index in [1.165, 1.54) is 218 Å². The molecule has 0 saturated heterocycles. The maximum absolute atomic E-state index is 2.37. The van der Waals surface area contributed by atoms with Gasteiger partial charge in [0.15, 0.2) is 0 Å². The third-order valence-electron chi connectivity index (χ3n) is 29.2. The molecule has 16 aliphatic rings.